The van der Waals surface area contributed by atoms with Crippen LogP contribution in [0, 0.1) is 0 Å². The number of piperazine rings is 1. The van der Waals surface area contributed by atoms with Crippen molar-refractivity contribution >= 4 is 23.4 Å². The lowest BCUT2D eigenvalue weighted by atomic mass is 9.74. The van der Waals surface area contributed by atoms with Crippen molar-refractivity contribution < 1.29 is 14.3 Å². The number of hydrogen-bond donors (Lipinski definition) is 1. The molecule has 1 unspecified atom stereocenters. The number of hydrogen-bond acceptors (Lipinski definition) is 4. The van der Waals surface area contributed by atoms with Crippen molar-refractivity contribution in [3.8, 4) is 0 Å². The first-order chi connectivity index (χ1) is 13.4. The summed E-state index contributed by atoms with van der Waals surface area (Å²) in [5.41, 5.74) is 1.19. The highest BCUT2D eigenvalue weighted by atomic mass is 35.5. The van der Waals surface area contributed by atoms with E-state index >= 15 is 0 Å². The summed E-state index contributed by atoms with van der Waals surface area (Å²) in [6.07, 6.45) is 1.83. The second-order valence-corrected chi connectivity index (χ2v) is 8.27. The van der Waals surface area contributed by atoms with Crippen molar-refractivity contribution in [3.05, 3.63) is 34.9 Å². The number of halogens is 1. The zero-order chi connectivity index (χ0) is 20.1. The maximum atomic E-state index is 12.9. The van der Waals surface area contributed by atoms with E-state index in [0.29, 0.717) is 26.2 Å². The minimum atomic E-state index is -0.268. The molecule has 0 bridgehead atoms. The highest BCUT2D eigenvalue weighted by Gasteiger charge is 2.35. The van der Waals surface area contributed by atoms with Gasteiger partial charge in [0.05, 0.1) is 6.04 Å². The van der Waals surface area contributed by atoms with E-state index in [1.54, 1.807) is 11.8 Å². The lowest BCUT2D eigenvalue weighted by molar-refractivity contribution is -0.139. The predicted octanol–water partition coefficient (Wildman–Crippen LogP) is 2.06. The van der Waals surface area contributed by atoms with Gasteiger partial charge in [0, 0.05) is 63.3 Å². The minimum absolute atomic E-state index is 0.0509. The number of nitrogens with zero attached hydrogens (tertiary/aromatic N) is 2. The van der Waals surface area contributed by atoms with Crippen LogP contribution < -0.4 is 5.32 Å². The van der Waals surface area contributed by atoms with E-state index in [9.17, 15) is 9.59 Å². The average Bonchev–Trinajstić information content (AvgIpc) is 2.72. The first kappa shape index (κ1) is 21.1. The standard InChI is InChI=1S/C21H30ClN3O3/c1-16(20(27)25-11-9-24(10-12-25)17(2)26)23-15-21(7-13-28-14-8-21)18-3-5-19(22)6-4-18/h3-6,16,23H,7-15H2,1-2H3. The molecule has 6 nitrogen and oxygen atoms in total. The van der Waals surface area contributed by atoms with Gasteiger partial charge in [-0.2, -0.15) is 0 Å². The van der Waals surface area contributed by atoms with Crippen molar-refractivity contribution in [1.29, 1.82) is 0 Å². The van der Waals surface area contributed by atoms with Crippen LogP contribution in [-0.2, 0) is 19.7 Å². The number of rotatable bonds is 5. The molecule has 0 spiro atoms. The Labute approximate surface area is 172 Å². The quantitative estimate of drug-likeness (QED) is 0.811. The summed E-state index contributed by atoms with van der Waals surface area (Å²) in [7, 11) is 0. The zero-order valence-corrected chi connectivity index (χ0v) is 17.5. The van der Waals surface area contributed by atoms with Crippen LogP contribution in [0.3, 0.4) is 0 Å². The molecule has 2 fully saturated rings. The average molecular weight is 408 g/mol. The molecule has 7 heteroatoms. The van der Waals surface area contributed by atoms with Gasteiger partial charge in [0.15, 0.2) is 0 Å². The Balaban J connectivity index is 1.60. The predicted molar refractivity (Wildman–Crippen MR) is 109 cm³/mol. The van der Waals surface area contributed by atoms with E-state index in [1.165, 1.54) is 5.56 Å². The summed E-state index contributed by atoms with van der Waals surface area (Å²) in [6, 6.07) is 7.76. The van der Waals surface area contributed by atoms with E-state index in [4.69, 9.17) is 16.3 Å². The molecule has 2 aliphatic heterocycles. The van der Waals surface area contributed by atoms with Crippen molar-refractivity contribution in [2.45, 2.75) is 38.1 Å². The SMILES string of the molecule is CC(=O)N1CCN(C(=O)C(C)NCC2(c3ccc(Cl)cc3)CCOCC2)CC1. The monoisotopic (exact) mass is 407 g/mol. The van der Waals surface area contributed by atoms with Gasteiger partial charge in [0.2, 0.25) is 11.8 Å². The molecule has 2 amide bonds. The van der Waals surface area contributed by atoms with Gasteiger partial charge in [0.25, 0.3) is 0 Å². The minimum Gasteiger partial charge on any atom is -0.381 e. The smallest absolute Gasteiger partial charge is 0.239 e. The van der Waals surface area contributed by atoms with Gasteiger partial charge < -0.3 is 19.9 Å². The maximum absolute atomic E-state index is 12.9. The fourth-order valence-corrected chi connectivity index (χ4v) is 4.21. The summed E-state index contributed by atoms with van der Waals surface area (Å²) < 4.78 is 5.59. The number of amides is 2. The molecule has 2 saturated heterocycles. The fourth-order valence-electron chi connectivity index (χ4n) is 4.08. The molecule has 28 heavy (non-hydrogen) atoms. The number of carbonyl (C=O) groups excluding carboxylic acids is 2. The molecule has 1 aromatic rings. The molecule has 0 aliphatic carbocycles. The highest BCUT2D eigenvalue weighted by molar-refractivity contribution is 6.30. The molecular formula is C21H30ClN3O3. The molecule has 1 atom stereocenters. The number of nitrogens with one attached hydrogen (secondary N) is 1. The lowest BCUT2D eigenvalue weighted by Crippen LogP contribution is -2.55. The lowest BCUT2D eigenvalue weighted by Gasteiger charge is -2.40. The fraction of sp³-hybridized carbons (Fsp3) is 0.619. The Morgan fingerprint density at radius 2 is 1.68 bits per heavy atom. The largest absolute Gasteiger partial charge is 0.381 e. The third-order valence-corrected chi connectivity index (χ3v) is 6.31. The first-order valence-corrected chi connectivity index (χ1v) is 10.4. The molecule has 0 saturated carbocycles. The molecule has 3 rings (SSSR count). The topological polar surface area (TPSA) is 61.9 Å². The molecule has 2 aliphatic rings. The van der Waals surface area contributed by atoms with Crippen LogP contribution in [0.4, 0.5) is 0 Å². The van der Waals surface area contributed by atoms with Gasteiger partial charge in [-0.3, -0.25) is 9.59 Å². The summed E-state index contributed by atoms with van der Waals surface area (Å²) in [4.78, 5) is 28.0. The van der Waals surface area contributed by atoms with Gasteiger partial charge in [-0.15, -0.1) is 0 Å². The second kappa shape index (κ2) is 9.25. The third kappa shape index (κ3) is 4.85. The van der Waals surface area contributed by atoms with Crippen molar-refractivity contribution in [3.63, 3.8) is 0 Å². The van der Waals surface area contributed by atoms with E-state index in [-0.39, 0.29) is 23.3 Å². The normalized spacial score (nSPS) is 20.7. The maximum Gasteiger partial charge on any atom is 0.239 e. The molecule has 154 valence electrons. The van der Waals surface area contributed by atoms with Crippen molar-refractivity contribution in [2.75, 3.05) is 45.9 Å². The van der Waals surface area contributed by atoms with Crippen LogP contribution in [-0.4, -0.2) is 73.6 Å². The van der Waals surface area contributed by atoms with Crippen LogP contribution in [0.25, 0.3) is 0 Å². The Hall–Kier alpha value is -1.63. The van der Waals surface area contributed by atoms with Gasteiger partial charge >= 0.3 is 0 Å². The van der Waals surface area contributed by atoms with E-state index < -0.39 is 0 Å². The molecule has 1 N–H and O–H groups in total. The number of carbonyl (C=O) groups is 2. The summed E-state index contributed by atoms with van der Waals surface area (Å²) in [5, 5.41) is 4.21. The zero-order valence-electron chi connectivity index (χ0n) is 16.7. The summed E-state index contributed by atoms with van der Waals surface area (Å²) >= 11 is 6.07. The number of benzene rings is 1. The molecular weight excluding hydrogens is 378 g/mol. The van der Waals surface area contributed by atoms with Gasteiger partial charge in [0.1, 0.15) is 0 Å². The Morgan fingerprint density at radius 1 is 1.11 bits per heavy atom. The second-order valence-electron chi connectivity index (χ2n) is 7.83. The Bertz CT molecular complexity index is 681. The molecule has 2 heterocycles. The van der Waals surface area contributed by atoms with Crippen LogP contribution in [0.1, 0.15) is 32.3 Å². The van der Waals surface area contributed by atoms with E-state index in [1.807, 2.05) is 24.0 Å². The molecule has 1 aromatic carbocycles. The summed E-state index contributed by atoms with van der Waals surface area (Å²) in [5.74, 6) is 0.171. The third-order valence-electron chi connectivity index (χ3n) is 6.06. The molecule has 0 aromatic heterocycles. The Morgan fingerprint density at radius 3 is 2.25 bits per heavy atom. The van der Waals surface area contributed by atoms with Crippen LogP contribution >= 0.6 is 11.6 Å². The van der Waals surface area contributed by atoms with Gasteiger partial charge in [-0.1, -0.05) is 23.7 Å². The first-order valence-electron chi connectivity index (χ1n) is 10.0. The molecule has 0 radical (unpaired) electrons. The van der Waals surface area contributed by atoms with Gasteiger partial charge in [-0.25, -0.2) is 0 Å². The van der Waals surface area contributed by atoms with Crippen LogP contribution in [0.2, 0.25) is 5.02 Å². The van der Waals surface area contributed by atoms with E-state index in [0.717, 1.165) is 37.6 Å². The van der Waals surface area contributed by atoms with Crippen molar-refractivity contribution in [2.24, 2.45) is 0 Å². The summed E-state index contributed by atoms with van der Waals surface area (Å²) in [6.45, 7) is 8.08. The van der Waals surface area contributed by atoms with Gasteiger partial charge in [-0.05, 0) is 37.5 Å². The number of ether oxygens (including phenoxy) is 1. The highest BCUT2D eigenvalue weighted by Crippen LogP contribution is 2.35. The Kier molecular flexibility index (Phi) is 6.96. The van der Waals surface area contributed by atoms with Crippen LogP contribution in [0.15, 0.2) is 24.3 Å². The van der Waals surface area contributed by atoms with Crippen molar-refractivity contribution in [1.82, 2.24) is 15.1 Å². The van der Waals surface area contributed by atoms with E-state index in [2.05, 4.69) is 17.4 Å². The van der Waals surface area contributed by atoms with Crippen LogP contribution in [0.5, 0.6) is 0 Å².